The van der Waals surface area contributed by atoms with Crippen LogP contribution in [0.2, 0.25) is 0 Å². The van der Waals surface area contributed by atoms with Gasteiger partial charge in [-0.1, -0.05) is 6.07 Å². The maximum atomic E-state index is 12.1. The number of hydrogen-bond donors (Lipinski definition) is 1. The van der Waals surface area contributed by atoms with Crippen LogP contribution in [-0.2, 0) is 11.3 Å². The van der Waals surface area contributed by atoms with Crippen molar-refractivity contribution in [2.75, 3.05) is 40.0 Å². The molecule has 0 aliphatic carbocycles. The highest BCUT2D eigenvalue weighted by atomic mass is 127. The molecule has 154 valence electrons. The zero-order valence-electron chi connectivity index (χ0n) is 15.5. The topological polar surface area (TPSA) is 59.0 Å². The first kappa shape index (κ1) is 23.7. The number of nitrogens with one attached hydrogen (secondary N) is 1. The standard InChI is InChI=1S/C17H25F3N4O2.HI/c1-3-21-16(24(2)10-14-6-7-25-11-14)23-9-13-4-5-15(22-8-13)26-12-17(18,19)20;/h4-5,8,14H,3,6-7,9-12H2,1-2H3,(H,21,23);1H. The number of alkyl halides is 3. The van der Waals surface area contributed by atoms with Gasteiger partial charge in [0.2, 0.25) is 5.88 Å². The van der Waals surface area contributed by atoms with Crippen LogP contribution in [-0.4, -0.2) is 62.0 Å². The Balaban J connectivity index is 0.00000364. The van der Waals surface area contributed by atoms with Gasteiger partial charge in [-0.05, 0) is 18.9 Å². The highest BCUT2D eigenvalue weighted by molar-refractivity contribution is 14.0. The molecule has 0 saturated carbocycles. The molecule has 6 nitrogen and oxygen atoms in total. The van der Waals surface area contributed by atoms with E-state index in [2.05, 4.69) is 24.9 Å². The molecule has 27 heavy (non-hydrogen) atoms. The van der Waals surface area contributed by atoms with Gasteiger partial charge in [-0.3, -0.25) is 0 Å². The number of guanidine groups is 1. The first-order chi connectivity index (χ1) is 12.4. The zero-order valence-corrected chi connectivity index (χ0v) is 17.8. The summed E-state index contributed by atoms with van der Waals surface area (Å²) in [5, 5.41) is 3.24. The monoisotopic (exact) mass is 502 g/mol. The molecule has 0 amide bonds. The van der Waals surface area contributed by atoms with E-state index >= 15 is 0 Å². The van der Waals surface area contributed by atoms with E-state index in [1.165, 1.54) is 12.3 Å². The first-order valence-electron chi connectivity index (χ1n) is 8.59. The van der Waals surface area contributed by atoms with Gasteiger partial charge in [0.1, 0.15) is 0 Å². The van der Waals surface area contributed by atoms with Crippen LogP contribution < -0.4 is 10.1 Å². The van der Waals surface area contributed by atoms with E-state index in [0.29, 0.717) is 12.5 Å². The summed E-state index contributed by atoms with van der Waals surface area (Å²) < 4.78 is 46.4. The largest absolute Gasteiger partial charge is 0.468 e. The van der Waals surface area contributed by atoms with Crippen molar-refractivity contribution in [2.24, 2.45) is 10.9 Å². The van der Waals surface area contributed by atoms with Gasteiger partial charge in [0, 0.05) is 44.9 Å². The average Bonchev–Trinajstić information content (AvgIpc) is 3.10. The van der Waals surface area contributed by atoms with E-state index < -0.39 is 12.8 Å². The average molecular weight is 502 g/mol. The highest BCUT2D eigenvalue weighted by Gasteiger charge is 2.28. The van der Waals surface area contributed by atoms with E-state index in [-0.39, 0.29) is 29.9 Å². The summed E-state index contributed by atoms with van der Waals surface area (Å²) in [5.41, 5.74) is 0.789. The van der Waals surface area contributed by atoms with Gasteiger partial charge < -0.3 is 19.7 Å². The lowest BCUT2D eigenvalue weighted by molar-refractivity contribution is -0.154. The summed E-state index contributed by atoms with van der Waals surface area (Å²) in [6.45, 7) is 4.20. The second-order valence-corrected chi connectivity index (χ2v) is 6.19. The lowest BCUT2D eigenvalue weighted by Crippen LogP contribution is -2.41. The minimum absolute atomic E-state index is 0. The fourth-order valence-corrected chi connectivity index (χ4v) is 2.58. The van der Waals surface area contributed by atoms with Gasteiger partial charge in [-0.15, -0.1) is 24.0 Å². The summed E-state index contributed by atoms with van der Waals surface area (Å²) >= 11 is 0. The molecule has 1 atom stereocenters. The van der Waals surface area contributed by atoms with E-state index in [1.54, 1.807) is 6.07 Å². The molecule has 1 fully saturated rings. The summed E-state index contributed by atoms with van der Waals surface area (Å²) in [6, 6.07) is 3.08. The van der Waals surface area contributed by atoms with Crippen molar-refractivity contribution >= 4 is 29.9 Å². The molecule has 1 aliphatic heterocycles. The van der Waals surface area contributed by atoms with E-state index in [9.17, 15) is 13.2 Å². The van der Waals surface area contributed by atoms with E-state index in [0.717, 1.165) is 44.2 Å². The van der Waals surface area contributed by atoms with Crippen LogP contribution in [0.1, 0.15) is 18.9 Å². The van der Waals surface area contributed by atoms with Crippen LogP contribution in [0.3, 0.4) is 0 Å². The number of aromatic nitrogens is 1. The number of pyridine rings is 1. The number of halogens is 4. The van der Waals surface area contributed by atoms with Crippen molar-refractivity contribution < 1.29 is 22.6 Å². The quantitative estimate of drug-likeness (QED) is 0.353. The van der Waals surface area contributed by atoms with Crippen LogP contribution in [0.5, 0.6) is 5.88 Å². The number of rotatable bonds is 7. The minimum atomic E-state index is -4.37. The lowest BCUT2D eigenvalue weighted by atomic mass is 10.1. The Kier molecular flexibility index (Phi) is 10.1. The maximum absolute atomic E-state index is 12.1. The Morgan fingerprint density at radius 1 is 1.44 bits per heavy atom. The van der Waals surface area contributed by atoms with Gasteiger partial charge >= 0.3 is 6.18 Å². The van der Waals surface area contributed by atoms with Crippen LogP contribution in [0.4, 0.5) is 13.2 Å². The molecule has 1 aromatic rings. The second kappa shape index (κ2) is 11.5. The van der Waals surface area contributed by atoms with Crippen molar-refractivity contribution in [2.45, 2.75) is 26.1 Å². The molecule has 0 radical (unpaired) electrons. The summed E-state index contributed by atoms with van der Waals surface area (Å²) in [6.07, 6.45) is -1.85. The zero-order chi connectivity index (χ0) is 19.0. The summed E-state index contributed by atoms with van der Waals surface area (Å²) in [7, 11) is 1.98. The SMILES string of the molecule is CCNC(=NCc1ccc(OCC(F)(F)F)nc1)N(C)CC1CCOC1.I. The number of aliphatic imine (C=N–C) groups is 1. The van der Waals surface area contributed by atoms with Gasteiger partial charge in [0.05, 0.1) is 13.2 Å². The van der Waals surface area contributed by atoms with Gasteiger partial charge in [-0.25, -0.2) is 9.98 Å². The second-order valence-electron chi connectivity index (χ2n) is 6.19. The lowest BCUT2D eigenvalue weighted by Gasteiger charge is -2.24. The molecule has 1 aromatic heterocycles. The van der Waals surface area contributed by atoms with Gasteiger partial charge in [0.25, 0.3) is 0 Å². The number of nitrogens with zero attached hydrogens (tertiary/aromatic N) is 3. The van der Waals surface area contributed by atoms with E-state index in [1.807, 2.05) is 14.0 Å². The van der Waals surface area contributed by atoms with Crippen molar-refractivity contribution in [3.05, 3.63) is 23.9 Å². The molecule has 0 aromatic carbocycles. The predicted octanol–water partition coefficient (Wildman–Crippen LogP) is 3.07. The molecule has 0 bridgehead atoms. The van der Waals surface area contributed by atoms with Gasteiger partial charge in [-0.2, -0.15) is 13.2 Å². The Morgan fingerprint density at radius 2 is 2.22 bits per heavy atom. The van der Waals surface area contributed by atoms with Crippen molar-refractivity contribution in [1.29, 1.82) is 0 Å². The normalized spacial score (nSPS) is 17.4. The van der Waals surface area contributed by atoms with Crippen LogP contribution in [0.15, 0.2) is 23.3 Å². The van der Waals surface area contributed by atoms with E-state index in [4.69, 9.17) is 4.74 Å². The maximum Gasteiger partial charge on any atom is 0.422 e. The third kappa shape index (κ3) is 8.96. The fourth-order valence-electron chi connectivity index (χ4n) is 2.58. The molecular weight excluding hydrogens is 476 g/mol. The summed E-state index contributed by atoms with van der Waals surface area (Å²) in [4.78, 5) is 10.5. The van der Waals surface area contributed by atoms with Crippen LogP contribution in [0.25, 0.3) is 0 Å². The van der Waals surface area contributed by atoms with Crippen LogP contribution in [0, 0.1) is 5.92 Å². The Hall–Kier alpha value is -1.30. The number of hydrogen-bond acceptors (Lipinski definition) is 4. The van der Waals surface area contributed by atoms with Crippen molar-refractivity contribution in [1.82, 2.24) is 15.2 Å². The molecule has 2 heterocycles. The molecule has 1 aliphatic rings. The number of ether oxygens (including phenoxy) is 2. The molecular formula is C17H26F3IN4O2. The molecule has 0 spiro atoms. The molecule has 10 heteroatoms. The molecule has 1 N–H and O–H groups in total. The molecule has 1 unspecified atom stereocenters. The van der Waals surface area contributed by atoms with Crippen molar-refractivity contribution in [3.63, 3.8) is 0 Å². The van der Waals surface area contributed by atoms with Crippen LogP contribution >= 0.6 is 24.0 Å². The Bertz CT molecular complexity index is 579. The minimum Gasteiger partial charge on any atom is -0.468 e. The highest BCUT2D eigenvalue weighted by Crippen LogP contribution is 2.17. The molecule has 1 saturated heterocycles. The first-order valence-corrected chi connectivity index (χ1v) is 8.59. The molecule has 2 rings (SSSR count). The third-order valence-corrected chi connectivity index (χ3v) is 3.85. The third-order valence-electron chi connectivity index (χ3n) is 3.85. The smallest absolute Gasteiger partial charge is 0.422 e. The van der Waals surface area contributed by atoms with Crippen molar-refractivity contribution in [3.8, 4) is 5.88 Å². The summed E-state index contributed by atoms with van der Waals surface area (Å²) in [5.74, 6) is 1.22. The predicted molar refractivity (Wildman–Crippen MR) is 108 cm³/mol. The Morgan fingerprint density at radius 3 is 2.78 bits per heavy atom. The van der Waals surface area contributed by atoms with Gasteiger partial charge in [0.15, 0.2) is 12.6 Å². The Labute approximate surface area is 174 Å². The fraction of sp³-hybridized carbons (Fsp3) is 0.647.